The molecule has 1 heterocycles. The molecule has 43 heavy (non-hydrogen) atoms. The molecule has 240 valence electrons. The van der Waals surface area contributed by atoms with Crippen LogP contribution in [-0.4, -0.2) is 37.3 Å². The standard InChI is InChI=1S/C32H46F3N3O4S/c1-20(15-16-31(6,7)29(40)41)36-28(39)24-18-26(38(21(24)2)19-22-11-9-8-10-12-22)23-13-14-27(25(17-23)32(33,34)35)43(42)37-30(3,4)5/h13-14,17-18,20,22,37H,8-12,15-16,19H2,1-7H3,(H,36,39)(H,40,41). The third kappa shape index (κ3) is 9.17. The third-order valence-corrected chi connectivity index (χ3v) is 9.67. The highest BCUT2D eigenvalue weighted by molar-refractivity contribution is 7.83. The van der Waals surface area contributed by atoms with Gasteiger partial charge >= 0.3 is 12.1 Å². The Morgan fingerprint density at radius 3 is 2.26 bits per heavy atom. The van der Waals surface area contributed by atoms with E-state index in [1.165, 1.54) is 12.1 Å². The minimum atomic E-state index is -4.74. The van der Waals surface area contributed by atoms with Crippen LogP contribution in [-0.2, 0) is 28.5 Å². The molecule has 1 aromatic heterocycles. The smallest absolute Gasteiger partial charge is 0.417 e. The summed E-state index contributed by atoms with van der Waals surface area (Å²) in [7, 11) is -2.09. The molecule has 0 aliphatic heterocycles. The molecule has 0 bridgehead atoms. The van der Waals surface area contributed by atoms with E-state index in [0.29, 0.717) is 42.3 Å². The number of amides is 1. The highest BCUT2D eigenvalue weighted by atomic mass is 32.2. The van der Waals surface area contributed by atoms with Gasteiger partial charge in [0.15, 0.2) is 0 Å². The lowest BCUT2D eigenvalue weighted by atomic mass is 9.86. The van der Waals surface area contributed by atoms with Crippen LogP contribution >= 0.6 is 0 Å². The van der Waals surface area contributed by atoms with Gasteiger partial charge in [0.25, 0.3) is 5.91 Å². The van der Waals surface area contributed by atoms with Crippen LogP contribution in [0.4, 0.5) is 13.2 Å². The zero-order valence-electron chi connectivity index (χ0n) is 26.3. The van der Waals surface area contributed by atoms with Crippen LogP contribution in [0, 0.1) is 18.3 Å². The number of carbonyl (C=O) groups is 2. The van der Waals surface area contributed by atoms with Crippen LogP contribution in [0.3, 0.4) is 0 Å². The summed E-state index contributed by atoms with van der Waals surface area (Å²) in [5, 5.41) is 12.4. The number of hydrogen-bond donors (Lipinski definition) is 3. The molecule has 1 saturated carbocycles. The van der Waals surface area contributed by atoms with Gasteiger partial charge in [-0.1, -0.05) is 25.3 Å². The minimum Gasteiger partial charge on any atom is -0.481 e. The predicted molar refractivity (Wildman–Crippen MR) is 163 cm³/mol. The van der Waals surface area contributed by atoms with Gasteiger partial charge in [0.1, 0.15) is 11.0 Å². The molecule has 0 saturated heterocycles. The van der Waals surface area contributed by atoms with Gasteiger partial charge in [0.05, 0.1) is 21.4 Å². The van der Waals surface area contributed by atoms with E-state index in [1.54, 1.807) is 47.6 Å². The molecule has 1 aromatic carbocycles. The molecule has 0 radical (unpaired) electrons. The van der Waals surface area contributed by atoms with Gasteiger partial charge in [-0.25, -0.2) is 8.93 Å². The lowest BCUT2D eigenvalue weighted by molar-refractivity contribution is -0.147. The monoisotopic (exact) mass is 625 g/mol. The average Bonchev–Trinajstić information content (AvgIpc) is 3.22. The first-order valence-electron chi connectivity index (χ1n) is 15.0. The summed E-state index contributed by atoms with van der Waals surface area (Å²) in [4.78, 5) is 24.6. The SMILES string of the molecule is Cc1c(C(=O)NC(C)CCC(C)(C)C(=O)O)cc(-c2ccc(S(=O)NC(C)(C)C)c(C(F)(F)F)c2)n1CC1CCCCC1. The van der Waals surface area contributed by atoms with Gasteiger partial charge in [-0.3, -0.25) is 9.59 Å². The number of benzene rings is 1. The van der Waals surface area contributed by atoms with Crippen molar-refractivity contribution in [3.8, 4) is 11.3 Å². The van der Waals surface area contributed by atoms with Crippen LogP contribution in [0.25, 0.3) is 11.3 Å². The van der Waals surface area contributed by atoms with Gasteiger partial charge in [0, 0.05) is 29.5 Å². The second-order valence-electron chi connectivity index (χ2n) is 13.6. The van der Waals surface area contributed by atoms with Crippen molar-refractivity contribution in [2.24, 2.45) is 11.3 Å². The van der Waals surface area contributed by atoms with Crippen molar-refractivity contribution in [3.05, 3.63) is 41.1 Å². The number of carboxylic acid groups (broad SMARTS) is 1. The summed E-state index contributed by atoms with van der Waals surface area (Å²) in [6.07, 6.45) is 1.46. The predicted octanol–water partition coefficient (Wildman–Crippen LogP) is 7.48. The third-order valence-electron chi connectivity index (χ3n) is 8.11. The van der Waals surface area contributed by atoms with Gasteiger partial charge in [-0.05, 0) is 104 Å². The number of carboxylic acids is 1. The number of rotatable bonds is 11. The van der Waals surface area contributed by atoms with E-state index in [2.05, 4.69) is 10.0 Å². The molecule has 11 heteroatoms. The first-order chi connectivity index (χ1) is 19.8. The first kappa shape index (κ1) is 34.8. The van der Waals surface area contributed by atoms with Crippen molar-refractivity contribution in [2.45, 2.75) is 123 Å². The summed E-state index contributed by atoms with van der Waals surface area (Å²) in [5.41, 5.74) is -0.764. The van der Waals surface area contributed by atoms with Crippen molar-refractivity contribution < 1.29 is 32.1 Å². The van der Waals surface area contributed by atoms with Gasteiger partial charge in [-0.15, -0.1) is 0 Å². The number of aromatic nitrogens is 1. The molecular formula is C32H46F3N3O4S. The Morgan fingerprint density at radius 2 is 1.70 bits per heavy atom. The highest BCUT2D eigenvalue weighted by Gasteiger charge is 2.36. The maximum Gasteiger partial charge on any atom is 0.417 e. The van der Waals surface area contributed by atoms with Gasteiger partial charge in [0.2, 0.25) is 0 Å². The zero-order valence-corrected chi connectivity index (χ0v) is 27.1. The average molecular weight is 626 g/mol. The highest BCUT2D eigenvalue weighted by Crippen LogP contribution is 2.38. The van der Waals surface area contributed by atoms with Crippen molar-refractivity contribution in [3.63, 3.8) is 0 Å². The minimum absolute atomic E-state index is 0.290. The Kier molecular flexibility index (Phi) is 11.0. The molecule has 3 rings (SSSR count). The number of nitrogens with one attached hydrogen (secondary N) is 2. The number of hydrogen-bond acceptors (Lipinski definition) is 3. The van der Waals surface area contributed by atoms with E-state index in [-0.39, 0.29) is 22.4 Å². The first-order valence-corrected chi connectivity index (χ1v) is 16.1. The molecule has 1 aliphatic rings. The normalized spacial score (nSPS) is 16.6. The molecule has 2 unspecified atom stereocenters. The quantitative estimate of drug-likeness (QED) is 0.241. The number of alkyl halides is 3. The van der Waals surface area contributed by atoms with Crippen molar-refractivity contribution in [1.82, 2.24) is 14.6 Å². The molecule has 1 aliphatic carbocycles. The van der Waals surface area contributed by atoms with Crippen LogP contribution < -0.4 is 10.0 Å². The Bertz CT molecular complexity index is 1340. The fourth-order valence-electron chi connectivity index (χ4n) is 5.44. The topological polar surface area (TPSA) is 100 Å². The molecule has 1 amide bonds. The number of aliphatic carboxylic acids is 1. The van der Waals surface area contributed by atoms with Gasteiger partial charge in [-0.2, -0.15) is 13.2 Å². The van der Waals surface area contributed by atoms with Crippen LogP contribution in [0.5, 0.6) is 0 Å². The number of carbonyl (C=O) groups excluding carboxylic acids is 1. The van der Waals surface area contributed by atoms with Crippen LogP contribution in [0.2, 0.25) is 0 Å². The van der Waals surface area contributed by atoms with E-state index >= 15 is 0 Å². The zero-order chi connectivity index (χ0) is 32.3. The van der Waals surface area contributed by atoms with Crippen LogP contribution in [0.1, 0.15) is 108 Å². The van der Waals surface area contributed by atoms with Crippen molar-refractivity contribution in [2.75, 3.05) is 0 Å². The molecular weight excluding hydrogens is 579 g/mol. The van der Waals surface area contributed by atoms with E-state index in [0.717, 1.165) is 38.2 Å². The van der Waals surface area contributed by atoms with E-state index in [4.69, 9.17) is 0 Å². The van der Waals surface area contributed by atoms with Crippen molar-refractivity contribution >= 4 is 22.9 Å². The summed E-state index contributed by atoms with van der Waals surface area (Å²) in [6.45, 7) is 12.7. The Balaban J connectivity index is 2.02. The maximum atomic E-state index is 14.3. The molecule has 7 nitrogen and oxygen atoms in total. The summed E-state index contributed by atoms with van der Waals surface area (Å²) >= 11 is 0. The van der Waals surface area contributed by atoms with E-state index in [1.807, 2.05) is 11.5 Å². The lowest BCUT2D eigenvalue weighted by Crippen LogP contribution is -2.37. The van der Waals surface area contributed by atoms with Crippen LogP contribution in [0.15, 0.2) is 29.2 Å². The molecule has 2 atom stereocenters. The van der Waals surface area contributed by atoms with Crippen molar-refractivity contribution in [1.29, 1.82) is 0 Å². The second-order valence-corrected chi connectivity index (χ2v) is 14.8. The van der Waals surface area contributed by atoms with E-state index in [9.17, 15) is 32.1 Å². The fraction of sp³-hybridized carbons (Fsp3) is 0.625. The second kappa shape index (κ2) is 13.5. The summed E-state index contributed by atoms with van der Waals surface area (Å²) in [6, 6.07) is 5.16. The number of halogens is 3. The van der Waals surface area contributed by atoms with Gasteiger partial charge < -0.3 is 15.0 Å². The molecule has 3 N–H and O–H groups in total. The fourth-order valence-corrected chi connectivity index (χ4v) is 6.67. The van der Waals surface area contributed by atoms with E-state index < -0.39 is 39.6 Å². The Hall–Kier alpha value is -2.66. The lowest BCUT2D eigenvalue weighted by Gasteiger charge is -2.25. The maximum absolute atomic E-state index is 14.3. The Labute approximate surface area is 255 Å². The largest absolute Gasteiger partial charge is 0.481 e. The summed E-state index contributed by atoms with van der Waals surface area (Å²) in [5.74, 6) is -0.921. The number of nitrogens with zero attached hydrogens (tertiary/aromatic N) is 1. The molecule has 0 spiro atoms. The molecule has 2 aromatic rings. The summed E-state index contributed by atoms with van der Waals surface area (Å²) < 4.78 is 60.5. The Morgan fingerprint density at radius 1 is 1.07 bits per heavy atom. The molecule has 1 fully saturated rings.